The van der Waals surface area contributed by atoms with Gasteiger partial charge in [-0.2, -0.15) is 5.10 Å². The van der Waals surface area contributed by atoms with Crippen LogP contribution in [0.2, 0.25) is 0 Å². The van der Waals surface area contributed by atoms with E-state index in [9.17, 15) is 0 Å². The fourth-order valence-corrected chi connectivity index (χ4v) is 1.67. The zero-order chi connectivity index (χ0) is 12.2. The second-order valence-electron chi connectivity index (χ2n) is 5.31. The molecule has 16 heavy (non-hydrogen) atoms. The number of rotatable bonds is 5. The van der Waals surface area contributed by atoms with Crippen LogP contribution in [0.4, 0.5) is 0 Å². The molecule has 4 heteroatoms. The third kappa shape index (κ3) is 3.61. The molecular formula is C12H23N3O. The summed E-state index contributed by atoms with van der Waals surface area (Å²) in [6.07, 6.45) is 2.65. The molecule has 0 unspecified atom stereocenters. The highest BCUT2D eigenvalue weighted by atomic mass is 16.3. The Labute approximate surface area is 97.5 Å². The smallest absolute Gasteiger partial charge is 0.0535 e. The van der Waals surface area contributed by atoms with Crippen molar-refractivity contribution < 1.29 is 5.11 Å². The Morgan fingerprint density at radius 1 is 1.50 bits per heavy atom. The number of nitrogens with one attached hydrogen (secondary N) is 2. The highest BCUT2D eigenvalue weighted by Crippen LogP contribution is 2.23. The summed E-state index contributed by atoms with van der Waals surface area (Å²) in [5.74, 6) is 0. The average Bonchev–Trinajstić information content (AvgIpc) is 2.62. The quantitative estimate of drug-likeness (QED) is 0.713. The Balaban J connectivity index is 2.58. The summed E-state index contributed by atoms with van der Waals surface area (Å²) in [5.41, 5.74) is 2.47. The van der Waals surface area contributed by atoms with Crippen LogP contribution >= 0.6 is 0 Å². The summed E-state index contributed by atoms with van der Waals surface area (Å²) in [7, 11) is 0. The number of aliphatic hydroxyl groups is 1. The van der Waals surface area contributed by atoms with Gasteiger partial charge < -0.3 is 10.4 Å². The molecule has 0 aliphatic heterocycles. The van der Waals surface area contributed by atoms with Crippen molar-refractivity contribution in [3.05, 3.63) is 17.5 Å². The lowest BCUT2D eigenvalue weighted by Gasteiger charge is -2.19. The first kappa shape index (κ1) is 13.2. The van der Waals surface area contributed by atoms with Gasteiger partial charge in [0.25, 0.3) is 0 Å². The second-order valence-corrected chi connectivity index (χ2v) is 5.31. The fraction of sp³-hybridized carbons (Fsp3) is 0.750. The topological polar surface area (TPSA) is 60.9 Å². The SMILES string of the molecule is C[C@H](CCO)NCc1cn[nH]c1C(C)(C)C. The van der Waals surface area contributed by atoms with Crippen LogP contribution in [0.3, 0.4) is 0 Å². The van der Waals surface area contributed by atoms with Gasteiger partial charge in [0.15, 0.2) is 0 Å². The van der Waals surface area contributed by atoms with Crippen LogP contribution < -0.4 is 5.32 Å². The van der Waals surface area contributed by atoms with Gasteiger partial charge in [0.2, 0.25) is 0 Å². The summed E-state index contributed by atoms with van der Waals surface area (Å²) in [4.78, 5) is 0. The summed E-state index contributed by atoms with van der Waals surface area (Å²) in [5, 5.41) is 19.4. The fourth-order valence-electron chi connectivity index (χ4n) is 1.67. The second kappa shape index (κ2) is 5.46. The molecule has 0 radical (unpaired) electrons. The molecule has 1 heterocycles. The lowest BCUT2D eigenvalue weighted by molar-refractivity contribution is 0.268. The van der Waals surface area contributed by atoms with E-state index >= 15 is 0 Å². The molecule has 0 aromatic carbocycles. The molecule has 0 fully saturated rings. The Morgan fingerprint density at radius 3 is 2.75 bits per heavy atom. The van der Waals surface area contributed by atoms with Gasteiger partial charge in [0.1, 0.15) is 0 Å². The van der Waals surface area contributed by atoms with Crippen LogP contribution in [0.15, 0.2) is 6.20 Å². The third-order valence-corrected chi connectivity index (χ3v) is 2.67. The van der Waals surface area contributed by atoms with Crippen molar-refractivity contribution in [2.75, 3.05) is 6.61 Å². The molecule has 1 atom stereocenters. The molecule has 0 spiro atoms. The van der Waals surface area contributed by atoms with Crippen molar-refractivity contribution in [2.45, 2.75) is 52.1 Å². The number of hydrogen-bond acceptors (Lipinski definition) is 3. The monoisotopic (exact) mass is 225 g/mol. The maximum absolute atomic E-state index is 8.82. The molecular weight excluding hydrogens is 202 g/mol. The largest absolute Gasteiger partial charge is 0.396 e. The minimum Gasteiger partial charge on any atom is -0.396 e. The van der Waals surface area contributed by atoms with E-state index in [4.69, 9.17) is 5.11 Å². The van der Waals surface area contributed by atoms with Crippen molar-refractivity contribution in [1.82, 2.24) is 15.5 Å². The van der Waals surface area contributed by atoms with E-state index in [-0.39, 0.29) is 12.0 Å². The maximum Gasteiger partial charge on any atom is 0.0535 e. The van der Waals surface area contributed by atoms with E-state index in [1.807, 2.05) is 6.20 Å². The van der Waals surface area contributed by atoms with Gasteiger partial charge in [-0.25, -0.2) is 0 Å². The number of nitrogens with zero attached hydrogens (tertiary/aromatic N) is 1. The van der Waals surface area contributed by atoms with Gasteiger partial charge in [-0.05, 0) is 13.3 Å². The molecule has 92 valence electrons. The van der Waals surface area contributed by atoms with E-state index in [1.165, 1.54) is 11.3 Å². The molecule has 0 aliphatic rings. The van der Waals surface area contributed by atoms with Crippen LogP contribution in [0.1, 0.15) is 45.4 Å². The summed E-state index contributed by atoms with van der Waals surface area (Å²) < 4.78 is 0. The van der Waals surface area contributed by atoms with Crippen LogP contribution in [-0.2, 0) is 12.0 Å². The standard InChI is InChI=1S/C12H23N3O/c1-9(5-6-16)13-7-10-8-14-15-11(10)12(2,3)4/h8-9,13,16H,5-7H2,1-4H3,(H,14,15)/t9-/m1/s1. The summed E-state index contributed by atoms with van der Waals surface area (Å²) >= 11 is 0. The van der Waals surface area contributed by atoms with E-state index in [0.29, 0.717) is 6.04 Å². The van der Waals surface area contributed by atoms with Crippen molar-refractivity contribution in [2.24, 2.45) is 0 Å². The zero-order valence-corrected chi connectivity index (χ0v) is 10.7. The molecule has 0 saturated carbocycles. The predicted molar refractivity (Wildman–Crippen MR) is 65.3 cm³/mol. The number of aromatic nitrogens is 2. The van der Waals surface area contributed by atoms with Gasteiger partial charge in [-0.15, -0.1) is 0 Å². The van der Waals surface area contributed by atoms with Crippen molar-refractivity contribution in [3.63, 3.8) is 0 Å². The summed E-state index contributed by atoms with van der Waals surface area (Å²) in [6, 6.07) is 0.327. The molecule has 1 rings (SSSR count). The Morgan fingerprint density at radius 2 is 2.19 bits per heavy atom. The highest BCUT2D eigenvalue weighted by Gasteiger charge is 2.19. The molecule has 0 aliphatic carbocycles. The Hall–Kier alpha value is -0.870. The van der Waals surface area contributed by atoms with E-state index in [0.717, 1.165) is 13.0 Å². The van der Waals surface area contributed by atoms with Gasteiger partial charge in [0, 0.05) is 35.9 Å². The summed E-state index contributed by atoms with van der Waals surface area (Å²) in [6.45, 7) is 9.60. The molecule has 1 aromatic heterocycles. The number of aliphatic hydroxyl groups excluding tert-OH is 1. The van der Waals surface area contributed by atoms with E-state index in [2.05, 4.69) is 43.2 Å². The van der Waals surface area contributed by atoms with Gasteiger partial charge in [-0.3, -0.25) is 5.10 Å². The maximum atomic E-state index is 8.82. The Kier molecular flexibility index (Phi) is 4.50. The minimum absolute atomic E-state index is 0.0910. The van der Waals surface area contributed by atoms with Gasteiger partial charge in [-0.1, -0.05) is 20.8 Å². The third-order valence-electron chi connectivity index (χ3n) is 2.67. The van der Waals surface area contributed by atoms with Crippen molar-refractivity contribution in [3.8, 4) is 0 Å². The molecule has 1 aromatic rings. The van der Waals surface area contributed by atoms with Crippen LogP contribution in [-0.4, -0.2) is 28.0 Å². The molecule has 0 saturated heterocycles. The lowest BCUT2D eigenvalue weighted by Crippen LogP contribution is -2.27. The number of hydrogen-bond donors (Lipinski definition) is 3. The van der Waals surface area contributed by atoms with Crippen LogP contribution in [0.5, 0.6) is 0 Å². The first-order chi connectivity index (χ1) is 7.45. The highest BCUT2D eigenvalue weighted by molar-refractivity contribution is 5.23. The van der Waals surface area contributed by atoms with Crippen LogP contribution in [0.25, 0.3) is 0 Å². The number of aromatic amines is 1. The van der Waals surface area contributed by atoms with Gasteiger partial charge >= 0.3 is 0 Å². The van der Waals surface area contributed by atoms with E-state index in [1.54, 1.807) is 0 Å². The van der Waals surface area contributed by atoms with Crippen LogP contribution in [0, 0.1) is 0 Å². The lowest BCUT2D eigenvalue weighted by atomic mass is 9.89. The molecule has 4 nitrogen and oxygen atoms in total. The molecule has 0 bridgehead atoms. The van der Waals surface area contributed by atoms with Gasteiger partial charge in [0.05, 0.1) is 6.20 Å². The predicted octanol–water partition coefficient (Wildman–Crippen LogP) is 1.57. The molecule has 3 N–H and O–H groups in total. The first-order valence-corrected chi connectivity index (χ1v) is 5.82. The average molecular weight is 225 g/mol. The molecule has 0 amide bonds. The first-order valence-electron chi connectivity index (χ1n) is 5.82. The van der Waals surface area contributed by atoms with E-state index < -0.39 is 0 Å². The zero-order valence-electron chi connectivity index (χ0n) is 10.7. The number of H-pyrrole nitrogens is 1. The normalized spacial score (nSPS) is 14.1. The van der Waals surface area contributed by atoms with Crippen molar-refractivity contribution in [1.29, 1.82) is 0 Å². The minimum atomic E-state index is 0.0910. The van der Waals surface area contributed by atoms with Crippen molar-refractivity contribution >= 4 is 0 Å². The Bertz CT molecular complexity index is 314.